The van der Waals surface area contributed by atoms with E-state index in [1.807, 2.05) is 0 Å². The van der Waals surface area contributed by atoms with Crippen LogP contribution in [0, 0.1) is 5.41 Å². The first-order valence-electron chi connectivity index (χ1n) is 6.43. The van der Waals surface area contributed by atoms with E-state index < -0.39 is 0 Å². The van der Waals surface area contributed by atoms with Crippen LogP contribution in [0.4, 0.5) is 0 Å². The van der Waals surface area contributed by atoms with Gasteiger partial charge in [-0.2, -0.15) is 0 Å². The lowest BCUT2D eigenvalue weighted by atomic mass is 9.86. The predicted octanol–water partition coefficient (Wildman–Crippen LogP) is 2.85. The molecule has 2 rings (SSSR count). The summed E-state index contributed by atoms with van der Waals surface area (Å²) in [7, 11) is 0. The van der Waals surface area contributed by atoms with Gasteiger partial charge in [-0.05, 0) is 44.1 Å². The number of nitrogens with two attached hydrogens (primary N) is 1. The highest BCUT2D eigenvalue weighted by Crippen LogP contribution is 2.45. The summed E-state index contributed by atoms with van der Waals surface area (Å²) in [5.74, 6) is 0. The molecule has 1 saturated carbocycles. The molecule has 1 aliphatic carbocycles. The van der Waals surface area contributed by atoms with Crippen LogP contribution in [-0.4, -0.2) is 18.2 Å². The molecule has 1 unspecified atom stereocenters. The van der Waals surface area contributed by atoms with Crippen molar-refractivity contribution in [3.8, 4) is 0 Å². The maximum absolute atomic E-state index is 6.29. The highest BCUT2D eigenvalue weighted by atomic mass is 16.5. The first kappa shape index (κ1) is 11.4. The predicted molar refractivity (Wildman–Crippen MR) is 62.8 cm³/mol. The Morgan fingerprint density at radius 3 is 2.53 bits per heavy atom. The van der Waals surface area contributed by atoms with Crippen molar-refractivity contribution in [2.24, 2.45) is 11.1 Å². The van der Waals surface area contributed by atoms with Crippen LogP contribution in [-0.2, 0) is 4.74 Å². The Hall–Kier alpha value is -0.0800. The molecule has 0 radical (unpaired) electrons. The van der Waals surface area contributed by atoms with Crippen LogP contribution < -0.4 is 5.73 Å². The molecule has 0 amide bonds. The van der Waals surface area contributed by atoms with Gasteiger partial charge in [-0.25, -0.2) is 0 Å². The molecule has 15 heavy (non-hydrogen) atoms. The summed E-state index contributed by atoms with van der Waals surface area (Å²) < 4.78 is 6.29. The smallest absolute Gasteiger partial charge is 0.0687 e. The maximum Gasteiger partial charge on any atom is 0.0687 e. The highest BCUT2D eigenvalue weighted by molar-refractivity contribution is 4.94. The van der Waals surface area contributed by atoms with Gasteiger partial charge >= 0.3 is 0 Å². The minimum absolute atomic E-state index is 0.245. The summed E-state index contributed by atoms with van der Waals surface area (Å²) in [6.07, 6.45) is 9.48. The van der Waals surface area contributed by atoms with Crippen LogP contribution in [0.25, 0.3) is 0 Å². The zero-order valence-corrected chi connectivity index (χ0v) is 10.2. The third-order valence-corrected chi connectivity index (χ3v) is 4.19. The first-order valence-corrected chi connectivity index (χ1v) is 6.43. The van der Waals surface area contributed by atoms with Crippen molar-refractivity contribution in [1.82, 2.24) is 0 Å². The molecular formula is C13H25NO. The van der Waals surface area contributed by atoms with E-state index in [0.717, 1.165) is 13.0 Å². The normalized spacial score (nSPS) is 30.2. The summed E-state index contributed by atoms with van der Waals surface area (Å²) in [5.41, 5.74) is 6.31. The van der Waals surface area contributed by atoms with Crippen molar-refractivity contribution >= 4 is 0 Å². The van der Waals surface area contributed by atoms with E-state index >= 15 is 0 Å². The molecule has 2 fully saturated rings. The minimum Gasteiger partial charge on any atom is -0.372 e. The standard InChI is InChI=1S/C13H25NO/c1-12(2,10-14)9-11-5-8-13(15-11)6-3-4-7-13/h11H,3-10,14H2,1-2H3. The molecule has 2 heteroatoms. The van der Waals surface area contributed by atoms with Crippen LogP contribution in [0.1, 0.15) is 58.8 Å². The van der Waals surface area contributed by atoms with Gasteiger partial charge in [-0.1, -0.05) is 26.7 Å². The van der Waals surface area contributed by atoms with Crippen molar-refractivity contribution in [3.63, 3.8) is 0 Å². The molecule has 2 aliphatic rings. The van der Waals surface area contributed by atoms with Gasteiger partial charge in [0.25, 0.3) is 0 Å². The molecule has 2 nitrogen and oxygen atoms in total. The maximum atomic E-state index is 6.29. The van der Waals surface area contributed by atoms with Gasteiger partial charge in [0.05, 0.1) is 11.7 Å². The molecule has 1 heterocycles. The quantitative estimate of drug-likeness (QED) is 0.779. The fourth-order valence-corrected chi connectivity index (χ4v) is 3.13. The number of hydrogen-bond acceptors (Lipinski definition) is 2. The minimum atomic E-state index is 0.245. The fourth-order valence-electron chi connectivity index (χ4n) is 3.13. The molecule has 0 bridgehead atoms. The van der Waals surface area contributed by atoms with Gasteiger partial charge < -0.3 is 10.5 Å². The molecule has 1 spiro atoms. The second-order valence-corrected chi connectivity index (χ2v) is 6.24. The van der Waals surface area contributed by atoms with Gasteiger partial charge in [0.2, 0.25) is 0 Å². The van der Waals surface area contributed by atoms with Gasteiger partial charge in [0, 0.05) is 0 Å². The van der Waals surface area contributed by atoms with Crippen LogP contribution in [0.5, 0.6) is 0 Å². The summed E-state index contributed by atoms with van der Waals surface area (Å²) in [6, 6.07) is 0. The fraction of sp³-hybridized carbons (Fsp3) is 1.00. The summed E-state index contributed by atoms with van der Waals surface area (Å²) in [5, 5.41) is 0. The lowest BCUT2D eigenvalue weighted by molar-refractivity contribution is -0.0496. The molecule has 88 valence electrons. The second-order valence-electron chi connectivity index (χ2n) is 6.24. The SMILES string of the molecule is CC(C)(CN)CC1CCC2(CCCC2)O1. The van der Waals surface area contributed by atoms with E-state index in [0.29, 0.717) is 6.10 Å². The van der Waals surface area contributed by atoms with Crippen molar-refractivity contribution in [1.29, 1.82) is 0 Å². The zero-order chi connectivity index (χ0) is 10.9. The molecule has 2 N–H and O–H groups in total. The van der Waals surface area contributed by atoms with Crippen molar-refractivity contribution < 1.29 is 4.74 Å². The van der Waals surface area contributed by atoms with E-state index in [1.54, 1.807) is 0 Å². The van der Waals surface area contributed by atoms with E-state index in [4.69, 9.17) is 10.5 Å². The topological polar surface area (TPSA) is 35.2 Å². The van der Waals surface area contributed by atoms with Gasteiger partial charge in [-0.3, -0.25) is 0 Å². The summed E-state index contributed by atoms with van der Waals surface area (Å²) in [4.78, 5) is 0. The van der Waals surface area contributed by atoms with E-state index in [9.17, 15) is 0 Å². The molecule has 1 saturated heterocycles. The average Bonchev–Trinajstić information content (AvgIpc) is 2.78. The number of hydrogen-bond donors (Lipinski definition) is 1. The van der Waals surface area contributed by atoms with Gasteiger partial charge in [0.15, 0.2) is 0 Å². The Morgan fingerprint density at radius 1 is 1.27 bits per heavy atom. The largest absolute Gasteiger partial charge is 0.372 e. The second kappa shape index (κ2) is 4.06. The van der Waals surface area contributed by atoms with Gasteiger partial charge in [0.1, 0.15) is 0 Å². The monoisotopic (exact) mass is 211 g/mol. The number of ether oxygens (including phenoxy) is 1. The Bertz CT molecular complexity index is 219. The summed E-state index contributed by atoms with van der Waals surface area (Å²) in [6.45, 7) is 5.26. The van der Waals surface area contributed by atoms with E-state index in [-0.39, 0.29) is 11.0 Å². The van der Waals surface area contributed by atoms with E-state index in [1.165, 1.54) is 38.5 Å². The Kier molecular flexibility index (Phi) is 3.09. The lowest BCUT2D eigenvalue weighted by Crippen LogP contribution is -2.31. The highest BCUT2D eigenvalue weighted by Gasteiger charge is 2.43. The number of rotatable bonds is 3. The van der Waals surface area contributed by atoms with Crippen molar-refractivity contribution in [2.45, 2.75) is 70.5 Å². The van der Waals surface area contributed by atoms with Crippen LogP contribution in [0.15, 0.2) is 0 Å². The Labute approximate surface area is 93.6 Å². The molecular weight excluding hydrogens is 186 g/mol. The van der Waals surface area contributed by atoms with Crippen LogP contribution in [0.3, 0.4) is 0 Å². The molecule has 0 aromatic carbocycles. The third-order valence-electron chi connectivity index (χ3n) is 4.19. The van der Waals surface area contributed by atoms with Crippen molar-refractivity contribution in [2.75, 3.05) is 6.54 Å². The Morgan fingerprint density at radius 2 is 1.93 bits per heavy atom. The molecule has 1 aliphatic heterocycles. The molecule has 1 atom stereocenters. The van der Waals surface area contributed by atoms with Crippen molar-refractivity contribution in [3.05, 3.63) is 0 Å². The Balaban J connectivity index is 1.87. The third kappa shape index (κ3) is 2.54. The average molecular weight is 211 g/mol. The zero-order valence-electron chi connectivity index (χ0n) is 10.2. The first-order chi connectivity index (χ1) is 7.05. The molecule has 0 aromatic rings. The molecule has 0 aromatic heterocycles. The summed E-state index contributed by atoms with van der Waals surface area (Å²) >= 11 is 0. The lowest BCUT2D eigenvalue weighted by Gasteiger charge is -2.29. The van der Waals surface area contributed by atoms with Crippen LogP contribution >= 0.6 is 0 Å². The van der Waals surface area contributed by atoms with Crippen LogP contribution in [0.2, 0.25) is 0 Å². The van der Waals surface area contributed by atoms with E-state index in [2.05, 4.69) is 13.8 Å². The van der Waals surface area contributed by atoms with Gasteiger partial charge in [-0.15, -0.1) is 0 Å².